The third-order valence-corrected chi connectivity index (χ3v) is 3.55. The van der Waals surface area contributed by atoms with Gasteiger partial charge >= 0.3 is 5.97 Å². The first-order valence-corrected chi connectivity index (χ1v) is 8.02. The summed E-state index contributed by atoms with van der Waals surface area (Å²) in [5.74, 6) is -0.314. The lowest BCUT2D eigenvalue weighted by atomic mass is 10.1. The van der Waals surface area contributed by atoms with Gasteiger partial charge in [-0.05, 0) is 19.3 Å². The van der Waals surface area contributed by atoms with Crippen LogP contribution in [0.1, 0.15) is 51.4 Å². The highest BCUT2D eigenvalue weighted by Gasteiger charge is 1.99. The molecule has 0 atom stereocenters. The fraction of sp³-hybridized carbons (Fsp3) is 0.647. The molecule has 1 rings (SSSR count). The van der Waals surface area contributed by atoms with Gasteiger partial charge in [-0.2, -0.15) is 0 Å². The van der Waals surface area contributed by atoms with E-state index in [0.717, 1.165) is 19.4 Å². The number of hydrogen-bond acceptors (Lipinski definition) is 2. The Balaban J connectivity index is 1.80. The van der Waals surface area contributed by atoms with Crippen LogP contribution in [0.4, 0.5) is 0 Å². The Labute approximate surface area is 128 Å². The molecule has 0 aliphatic carbocycles. The van der Waals surface area contributed by atoms with Crippen LogP contribution in [0.5, 0.6) is 0 Å². The number of rotatable bonds is 12. The summed E-state index contributed by atoms with van der Waals surface area (Å²) in [6, 6.07) is 0. The van der Waals surface area contributed by atoms with Gasteiger partial charge in [0.05, 0.1) is 20.2 Å². The first-order valence-electron chi connectivity index (χ1n) is 8.02. The van der Waals surface area contributed by atoms with E-state index in [2.05, 4.69) is 41.5 Å². The van der Waals surface area contributed by atoms with E-state index in [9.17, 15) is 4.79 Å². The number of hydrogen-bond donors (Lipinski definition) is 0. The number of aromatic nitrogens is 2. The molecular weight excluding hydrogens is 264 g/mol. The lowest BCUT2D eigenvalue weighted by Crippen LogP contribution is -2.23. The minimum absolute atomic E-state index is 0.314. The molecule has 4 nitrogen and oxygen atoms in total. The van der Waals surface area contributed by atoms with E-state index in [1.165, 1.54) is 44.6 Å². The van der Waals surface area contributed by atoms with Crippen molar-refractivity contribution in [1.29, 1.82) is 0 Å². The van der Waals surface area contributed by atoms with Gasteiger partial charge in [0, 0.05) is 6.08 Å². The van der Waals surface area contributed by atoms with Crippen LogP contribution >= 0.6 is 0 Å². The molecule has 1 heterocycles. The van der Waals surface area contributed by atoms with E-state index in [0.29, 0.717) is 6.61 Å². The predicted molar refractivity (Wildman–Crippen MR) is 83.7 cm³/mol. The molecule has 4 heteroatoms. The van der Waals surface area contributed by atoms with Gasteiger partial charge < -0.3 is 4.74 Å². The second-order valence-electron chi connectivity index (χ2n) is 5.52. The molecule has 0 saturated carbocycles. The maximum atomic E-state index is 10.8. The number of esters is 1. The third-order valence-electron chi connectivity index (χ3n) is 3.55. The monoisotopic (exact) mass is 293 g/mol. The van der Waals surface area contributed by atoms with Crippen molar-refractivity contribution >= 4 is 5.97 Å². The quantitative estimate of drug-likeness (QED) is 0.257. The van der Waals surface area contributed by atoms with Crippen molar-refractivity contribution in [2.45, 2.75) is 57.9 Å². The summed E-state index contributed by atoms with van der Waals surface area (Å²) in [5, 5.41) is 0. The second-order valence-corrected chi connectivity index (χ2v) is 5.52. The van der Waals surface area contributed by atoms with Gasteiger partial charge in [0.1, 0.15) is 12.4 Å². The minimum atomic E-state index is -0.314. The Morgan fingerprint density at radius 3 is 2.33 bits per heavy atom. The highest BCUT2D eigenvalue weighted by molar-refractivity contribution is 5.81. The van der Waals surface area contributed by atoms with Gasteiger partial charge in [0.15, 0.2) is 0 Å². The molecule has 0 aliphatic heterocycles. The van der Waals surface area contributed by atoms with Crippen LogP contribution in [0.25, 0.3) is 0 Å². The molecule has 1 aromatic heterocycles. The smallest absolute Gasteiger partial charge is 0.330 e. The topological polar surface area (TPSA) is 35.1 Å². The molecule has 0 unspecified atom stereocenters. The van der Waals surface area contributed by atoms with Gasteiger partial charge in [-0.1, -0.05) is 38.7 Å². The number of carbonyl (C=O) groups is 1. The van der Waals surface area contributed by atoms with E-state index in [1.54, 1.807) is 0 Å². The Bertz CT molecular complexity index is 413. The fourth-order valence-corrected chi connectivity index (χ4v) is 2.32. The van der Waals surface area contributed by atoms with E-state index in [-0.39, 0.29) is 5.97 Å². The molecule has 0 aromatic carbocycles. The first-order chi connectivity index (χ1) is 10.2. The van der Waals surface area contributed by atoms with Crippen LogP contribution in [0.2, 0.25) is 0 Å². The standard InChI is InChI=1S/C17H29N2O2/c1-3-17(20)21-15-11-9-7-5-4-6-8-10-12-19-14-13-18(2)16-19/h3,13-14,16H,1,4-12,15H2,2H3/q+1. The average molecular weight is 293 g/mol. The molecule has 0 fully saturated rings. The summed E-state index contributed by atoms with van der Waals surface area (Å²) >= 11 is 0. The van der Waals surface area contributed by atoms with Gasteiger partial charge in [-0.25, -0.2) is 13.9 Å². The van der Waals surface area contributed by atoms with Crippen molar-refractivity contribution in [2.75, 3.05) is 6.61 Å². The third kappa shape index (κ3) is 9.05. The summed E-state index contributed by atoms with van der Waals surface area (Å²) in [4.78, 5) is 10.8. The summed E-state index contributed by atoms with van der Waals surface area (Å²) in [6.07, 6.45) is 17.4. The number of carbonyl (C=O) groups excluding carboxylic acids is 1. The van der Waals surface area contributed by atoms with Crippen molar-refractivity contribution in [1.82, 2.24) is 4.57 Å². The second kappa shape index (κ2) is 11.1. The lowest BCUT2D eigenvalue weighted by molar-refractivity contribution is -0.671. The lowest BCUT2D eigenvalue weighted by Gasteiger charge is -2.03. The minimum Gasteiger partial charge on any atom is -0.463 e. The zero-order valence-electron chi connectivity index (χ0n) is 13.3. The average Bonchev–Trinajstić information content (AvgIpc) is 2.90. The highest BCUT2D eigenvalue weighted by Crippen LogP contribution is 2.09. The molecule has 0 spiro atoms. The molecular formula is C17H29N2O2+. The van der Waals surface area contributed by atoms with Crippen LogP contribution in [0.15, 0.2) is 31.4 Å². The Morgan fingerprint density at radius 2 is 1.76 bits per heavy atom. The number of unbranched alkanes of at least 4 members (excludes halogenated alkanes) is 7. The molecule has 118 valence electrons. The van der Waals surface area contributed by atoms with Gasteiger partial charge in [0.2, 0.25) is 6.33 Å². The van der Waals surface area contributed by atoms with Crippen LogP contribution in [-0.2, 0) is 23.1 Å². The van der Waals surface area contributed by atoms with Crippen LogP contribution in [0, 0.1) is 0 Å². The molecule has 0 amide bonds. The number of ether oxygens (including phenoxy) is 1. The molecule has 21 heavy (non-hydrogen) atoms. The number of aryl methyl sites for hydroxylation is 2. The fourth-order valence-electron chi connectivity index (χ4n) is 2.32. The Hall–Kier alpha value is -1.58. The zero-order valence-corrected chi connectivity index (χ0v) is 13.3. The molecule has 1 aromatic rings. The Kier molecular flexibility index (Phi) is 9.25. The SMILES string of the molecule is C=CC(=O)OCCCCCCCCCCn1cc[n+](C)c1. The van der Waals surface area contributed by atoms with E-state index >= 15 is 0 Å². The van der Waals surface area contributed by atoms with Crippen molar-refractivity contribution in [3.05, 3.63) is 31.4 Å². The first kappa shape index (κ1) is 17.5. The van der Waals surface area contributed by atoms with Crippen LogP contribution in [-0.4, -0.2) is 17.1 Å². The van der Waals surface area contributed by atoms with Crippen molar-refractivity contribution in [3.8, 4) is 0 Å². The van der Waals surface area contributed by atoms with Crippen LogP contribution in [0.3, 0.4) is 0 Å². The molecule has 0 radical (unpaired) electrons. The normalized spacial score (nSPS) is 10.5. The van der Waals surface area contributed by atoms with Crippen molar-refractivity contribution in [3.63, 3.8) is 0 Å². The largest absolute Gasteiger partial charge is 0.463 e. The zero-order chi connectivity index (χ0) is 15.3. The highest BCUT2D eigenvalue weighted by atomic mass is 16.5. The maximum absolute atomic E-state index is 10.8. The summed E-state index contributed by atoms with van der Waals surface area (Å²) < 4.78 is 9.25. The predicted octanol–water partition coefficient (Wildman–Crippen LogP) is 3.16. The van der Waals surface area contributed by atoms with Gasteiger partial charge in [0.25, 0.3) is 0 Å². The number of nitrogens with zero attached hydrogens (tertiary/aromatic N) is 2. The molecule has 0 saturated heterocycles. The van der Waals surface area contributed by atoms with Gasteiger partial charge in [-0.15, -0.1) is 0 Å². The summed E-state index contributed by atoms with van der Waals surface area (Å²) in [5.41, 5.74) is 0. The Morgan fingerprint density at radius 1 is 1.14 bits per heavy atom. The van der Waals surface area contributed by atoms with Crippen molar-refractivity contribution < 1.29 is 14.1 Å². The van der Waals surface area contributed by atoms with E-state index in [1.807, 2.05) is 0 Å². The van der Waals surface area contributed by atoms with E-state index in [4.69, 9.17) is 4.74 Å². The van der Waals surface area contributed by atoms with Gasteiger partial charge in [-0.3, -0.25) is 0 Å². The molecule has 0 bridgehead atoms. The summed E-state index contributed by atoms with van der Waals surface area (Å²) in [7, 11) is 2.05. The van der Waals surface area contributed by atoms with Crippen molar-refractivity contribution in [2.24, 2.45) is 7.05 Å². The summed E-state index contributed by atoms with van der Waals surface area (Å²) in [6.45, 7) is 5.02. The maximum Gasteiger partial charge on any atom is 0.330 e. The molecule has 0 N–H and O–H groups in total. The number of imidazole rings is 1. The van der Waals surface area contributed by atoms with Crippen LogP contribution < -0.4 is 4.57 Å². The van der Waals surface area contributed by atoms with E-state index < -0.39 is 0 Å². The molecule has 0 aliphatic rings.